The van der Waals surface area contributed by atoms with Crippen molar-refractivity contribution in [1.82, 2.24) is 10.5 Å². The van der Waals surface area contributed by atoms with Crippen LogP contribution in [0, 0.1) is 12.8 Å². The number of aromatic nitrogens is 1. The van der Waals surface area contributed by atoms with Gasteiger partial charge in [-0.1, -0.05) is 38.1 Å². The normalized spacial score (nSPS) is 12.7. The Morgan fingerprint density at radius 3 is 2.45 bits per heavy atom. The van der Waals surface area contributed by atoms with Gasteiger partial charge >= 0.3 is 5.97 Å². The topological polar surface area (TPSA) is 120 Å². The van der Waals surface area contributed by atoms with Crippen LogP contribution in [0.1, 0.15) is 50.2 Å². The molecule has 2 N–H and O–H groups in total. The Kier molecular flexibility index (Phi) is 8.60. The summed E-state index contributed by atoms with van der Waals surface area (Å²) in [5.41, 5.74) is 0.314. The number of anilines is 1. The van der Waals surface area contributed by atoms with Gasteiger partial charge in [0.2, 0.25) is 0 Å². The highest BCUT2D eigenvalue weighted by atomic mass is 16.5. The highest BCUT2D eigenvalue weighted by molar-refractivity contribution is 5.99. The first-order valence-electron chi connectivity index (χ1n) is 10.2. The monoisotopic (exact) mass is 431 g/mol. The maximum Gasteiger partial charge on any atom is 0.329 e. The van der Waals surface area contributed by atoms with Crippen LogP contribution in [0.2, 0.25) is 0 Å². The molecule has 2 amide bonds. The number of aryl methyl sites for hydroxylation is 1. The van der Waals surface area contributed by atoms with Crippen molar-refractivity contribution in [2.75, 3.05) is 11.9 Å². The second-order valence-corrected chi connectivity index (χ2v) is 7.27. The quantitative estimate of drug-likeness (QED) is 0.555. The fraction of sp³-hybridized carbons (Fsp3) is 0.455. The molecule has 0 aliphatic rings. The number of carbonyl (C=O) groups excluding carboxylic acids is 3. The lowest BCUT2D eigenvalue weighted by atomic mass is 10.0. The van der Waals surface area contributed by atoms with Gasteiger partial charge in [0.1, 0.15) is 17.6 Å². The second kappa shape index (κ2) is 11.1. The van der Waals surface area contributed by atoms with E-state index in [2.05, 4.69) is 15.8 Å². The van der Waals surface area contributed by atoms with Crippen LogP contribution in [-0.4, -0.2) is 41.7 Å². The molecule has 1 unspecified atom stereocenters. The number of amides is 2. The zero-order valence-corrected chi connectivity index (χ0v) is 18.4. The molecule has 168 valence electrons. The maximum absolute atomic E-state index is 12.8. The number of esters is 1. The van der Waals surface area contributed by atoms with Crippen LogP contribution in [0.5, 0.6) is 5.75 Å². The largest absolute Gasteiger partial charge is 0.493 e. The Labute approximate surface area is 181 Å². The van der Waals surface area contributed by atoms with E-state index in [0.29, 0.717) is 23.7 Å². The Morgan fingerprint density at radius 2 is 1.87 bits per heavy atom. The van der Waals surface area contributed by atoms with Crippen LogP contribution in [0.25, 0.3) is 0 Å². The van der Waals surface area contributed by atoms with Gasteiger partial charge in [-0.2, -0.15) is 0 Å². The Balaban J connectivity index is 2.08. The summed E-state index contributed by atoms with van der Waals surface area (Å²) in [4.78, 5) is 38.1. The smallest absolute Gasteiger partial charge is 0.329 e. The number of nitrogens with one attached hydrogen (secondary N) is 2. The fourth-order valence-electron chi connectivity index (χ4n) is 2.82. The zero-order chi connectivity index (χ0) is 23.0. The molecule has 2 rings (SSSR count). The van der Waals surface area contributed by atoms with Crippen LogP contribution >= 0.6 is 0 Å². The van der Waals surface area contributed by atoms with Crippen molar-refractivity contribution in [3.8, 4) is 5.75 Å². The third-order valence-corrected chi connectivity index (χ3v) is 4.44. The summed E-state index contributed by atoms with van der Waals surface area (Å²) in [7, 11) is 0. The van der Waals surface area contributed by atoms with Crippen LogP contribution in [0.15, 0.2) is 34.9 Å². The molecule has 0 fully saturated rings. The average Bonchev–Trinajstić information content (AvgIpc) is 3.14. The van der Waals surface area contributed by atoms with Gasteiger partial charge in [0.15, 0.2) is 11.9 Å². The Bertz CT molecular complexity index is 908. The van der Waals surface area contributed by atoms with E-state index in [1.807, 2.05) is 6.92 Å². The molecular formula is C22H29N3O6. The average molecular weight is 431 g/mol. The molecule has 0 saturated heterocycles. The van der Waals surface area contributed by atoms with E-state index in [0.717, 1.165) is 0 Å². The molecule has 0 saturated carbocycles. The minimum Gasteiger partial charge on any atom is -0.493 e. The van der Waals surface area contributed by atoms with Gasteiger partial charge in [0.05, 0.1) is 12.2 Å². The first kappa shape index (κ1) is 23.9. The molecule has 0 bridgehead atoms. The van der Waals surface area contributed by atoms with Crippen molar-refractivity contribution in [2.45, 2.75) is 53.2 Å². The molecule has 2 aromatic rings. The molecule has 1 heterocycles. The predicted molar refractivity (Wildman–Crippen MR) is 114 cm³/mol. The van der Waals surface area contributed by atoms with Gasteiger partial charge in [0.25, 0.3) is 11.8 Å². The van der Waals surface area contributed by atoms with Crippen LogP contribution in [0.4, 0.5) is 5.82 Å². The van der Waals surface area contributed by atoms with E-state index >= 15 is 0 Å². The molecule has 1 aromatic carbocycles. The lowest BCUT2D eigenvalue weighted by molar-refractivity contribution is -0.157. The number of benzene rings is 1. The summed E-state index contributed by atoms with van der Waals surface area (Å²) >= 11 is 0. The number of rotatable bonds is 10. The van der Waals surface area contributed by atoms with Crippen molar-refractivity contribution in [1.29, 1.82) is 0 Å². The van der Waals surface area contributed by atoms with E-state index in [1.165, 1.54) is 0 Å². The lowest BCUT2D eigenvalue weighted by Gasteiger charge is -2.24. The molecule has 0 spiro atoms. The molecule has 9 heteroatoms. The van der Waals surface area contributed by atoms with Gasteiger partial charge in [0, 0.05) is 6.07 Å². The molecule has 0 aliphatic carbocycles. The van der Waals surface area contributed by atoms with Crippen LogP contribution in [0.3, 0.4) is 0 Å². The van der Waals surface area contributed by atoms with Gasteiger partial charge < -0.3 is 24.6 Å². The standard InChI is InChI=1S/C22H29N3O6/c1-6-16(21(27)23-18-12-14(5)31-25-18)30-22(28)19(13(3)4)24-20(26)15-10-8-9-11-17(15)29-7-2/h8-13,16,19H,6-7H2,1-5H3,(H,24,26)(H,23,25,27)/t16?,19-/m0/s1. The minimum atomic E-state index is -1.04. The molecular weight excluding hydrogens is 402 g/mol. The summed E-state index contributed by atoms with van der Waals surface area (Å²) in [5, 5.41) is 8.95. The van der Waals surface area contributed by atoms with E-state index in [1.54, 1.807) is 58.0 Å². The van der Waals surface area contributed by atoms with Crippen molar-refractivity contribution in [3.05, 3.63) is 41.7 Å². The van der Waals surface area contributed by atoms with Crippen molar-refractivity contribution >= 4 is 23.6 Å². The zero-order valence-electron chi connectivity index (χ0n) is 18.4. The van der Waals surface area contributed by atoms with Gasteiger partial charge in [-0.15, -0.1) is 0 Å². The Morgan fingerprint density at radius 1 is 1.16 bits per heavy atom. The summed E-state index contributed by atoms with van der Waals surface area (Å²) < 4.78 is 15.8. The SMILES string of the molecule is CCOc1ccccc1C(=O)N[C@H](C(=O)OC(CC)C(=O)Nc1cc(C)on1)C(C)C. The third-order valence-electron chi connectivity index (χ3n) is 4.44. The molecule has 31 heavy (non-hydrogen) atoms. The molecule has 9 nitrogen and oxygen atoms in total. The minimum absolute atomic E-state index is 0.234. The first-order valence-corrected chi connectivity index (χ1v) is 10.2. The van der Waals surface area contributed by atoms with Crippen molar-refractivity contribution in [3.63, 3.8) is 0 Å². The summed E-state index contributed by atoms with van der Waals surface area (Å²) in [6.07, 6.45) is -0.793. The third kappa shape index (κ3) is 6.56. The Hall–Kier alpha value is -3.36. The summed E-state index contributed by atoms with van der Waals surface area (Å²) in [6.45, 7) is 9.18. The number of ether oxygens (including phenoxy) is 2. The number of hydrogen-bond donors (Lipinski definition) is 2. The molecule has 0 aliphatic heterocycles. The first-order chi connectivity index (χ1) is 14.8. The van der Waals surface area contributed by atoms with Crippen molar-refractivity contribution < 1.29 is 28.4 Å². The van der Waals surface area contributed by atoms with E-state index in [-0.39, 0.29) is 18.2 Å². The fourth-order valence-corrected chi connectivity index (χ4v) is 2.82. The lowest BCUT2D eigenvalue weighted by Crippen LogP contribution is -2.47. The highest BCUT2D eigenvalue weighted by Gasteiger charge is 2.31. The summed E-state index contributed by atoms with van der Waals surface area (Å²) in [6, 6.07) is 7.38. The van der Waals surface area contributed by atoms with Gasteiger partial charge in [-0.05, 0) is 38.3 Å². The van der Waals surface area contributed by atoms with E-state index in [9.17, 15) is 14.4 Å². The van der Waals surface area contributed by atoms with Gasteiger partial charge in [-0.3, -0.25) is 9.59 Å². The maximum atomic E-state index is 12.8. The molecule has 1 aromatic heterocycles. The van der Waals surface area contributed by atoms with Crippen LogP contribution in [-0.2, 0) is 14.3 Å². The number of nitrogens with zero attached hydrogens (tertiary/aromatic N) is 1. The van der Waals surface area contributed by atoms with Crippen LogP contribution < -0.4 is 15.4 Å². The molecule has 2 atom stereocenters. The van der Waals surface area contributed by atoms with E-state index < -0.39 is 29.9 Å². The number of carbonyl (C=O) groups is 3. The van der Waals surface area contributed by atoms with Crippen molar-refractivity contribution in [2.24, 2.45) is 5.92 Å². The van der Waals surface area contributed by atoms with Gasteiger partial charge in [-0.25, -0.2) is 4.79 Å². The predicted octanol–water partition coefficient (Wildman–Crippen LogP) is 3.10. The number of para-hydroxylation sites is 1. The highest BCUT2D eigenvalue weighted by Crippen LogP contribution is 2.19. The molecule has 0 radical (unpaired) electrons. The second-order valence-electron chi connectivity index (χ2n) is 7.27. The summed E-state index contributed by atoms with van der Waals surface area (Å²) in [5.74, 6) is -0.763. The number of hydrogen-bond acceptors (Lipinski definition) is 7. The van der Waals surface area contributed by atoms with E-state index in [4.69, 9.17) is 14.0 Å².